The summed E-state index contributed by atoms with van der Waals surface area (Å²) in [6.07, 6.45) is 0. The fourth-order valence-electron chi connectivity index (χ4n) is 2.34. The van der Waals surface area contributed by atoms with E-state index in [1.807, 2.05) is 6.07 Å². The van der Waals surface area contributed by atoms with Gasteiger partial charge in [-0.3, -0.25) is 9.59 Å². The molecule has 0 radical (unpaired) electrons. The van der Waals surface area contributed by atoms with Gasteiger partial charge in [0.05, 0.1) is 26.9 Å². The molecule has 8 heteroatoms. The second kappa shape index (κ2) is 9.33. The number of amides is 2. The van der Waals surface area contributed by atoms with E-state index in [4.69, 9.17) is 24.7 Å². The highest BCUT2D eigenvalue weighted by atomic mass is 16.5. The predicted octanol–water partition coefficient (Wildman–Crippen LogP) is 1.51. The molecule has 0 atom stereocenters. The van der Waals surface area contributed by atoms with Gasteiger partial charge in [0, 0.05) is 12.6 Å². The topological polar surface area (TPSA) is 109 Å². The van der Waals surface area contributed by atoms with Crippen LogP contribution in [0.2, 0.25) is 0 Å². The molecule has 144 valence electrons. The highest BCUT2D eigenvalue weighted by Gasteiger charge is 2.13. The molecule has 27 heavy (non-hydrogen) atoms. The lowest BCUT2D eigenvalue weighted by Gasteiger charge is -2.12. The molecule has 8 nitrogen and oxygen atoms in total. The SMILES string of the molecule is COc1ccc(C(N)=O)c(OCC(=O)NCc2ccc(OC)c(OC)c2)c1. The van der Waals surface area contributed by atoms with Gasteiger partial charge in [-0.2, -0.15) is 0 Å². The maximum atomic E-state index is 12.1. The van der Waals surface area contributed by atoms with Crippen LogP contribution >= 0.6 is 0 Å². The summed E-state index contributed by atoms with van der Waals surface area (Å²) in [4.78, 5) is 23.5. The van der Waals surface area contributed by atoms with E-state index in [9.17, 15) is 9.59 Å². The first-order chi connectivity index (χ1) is 13.0. The van der Waals surface area contributed by atoms with Crippen LogP contribution in [0.3, 0.4) is 0 Å². The number of nitrogens with one attached hydrogen (secondary N) is 1. The summed E-state index contributed by atoms with van der Waals surface area (Å²) < 4.78 is 20.9. The zero-order valence-electron chi connectivity index (χ0n) is 15.4. The van der Waals surface area contributed by atoms with Gasteiger partial charge < -0.3 is 30.0 Å². The zero-order chi connectivity index (χ0) is 19.8. The quantitative estimate of drug-likeness (QED) is 0.689. The number of hydrogen-bond acceptors (Lipinski definition) is 6. The van der Waals surface area contributed by atoms with E-state index in [1.54, 1.807) is 32.4 Å². The van der Waals surface area contributed by atoms with Gasteiger partial charge in [0.2, 0.25) is 0 Å². The maximum Gasteiger partial charge on any atom is 0.258 e. The minimum Gasteiger partial charge on any atom is -0.497 e. The Morgan fingerprint density at radius 1 is 0.926 bits per heavy atom. The molecule has 0 fully saturated rings. The monoisotopic (exact) mass is 374 g/mol. The number of hydrogen-bond donors (Lipinski definition) is 2. The first-order valence-electron chi connectivity index (χ1n) is 8.06. The van der Waals surface area contributed by atoms with Crippen LogP contribution in [0, 0.1) is 0 Å². The molecule has 0 aliphatic heterocycles. The number of ether oxygens (including phenoxy) is 4. The molecule has 2 rings (SSSR count). The Labute approximate surface area is 157 Å². The summed E-state index contributed by atoms with van der Waals surface area (Å²) in [5, 5.41) is 2.73. The van der Waals surface area contributed by atoms with Crippen molar-refractivity contribution in [2.75, 3.05) is 27.9 Å². The third-order valence-electron chi connectivity index (χ3n) is 3.75. The van der Waals surface area contributed by atoms with Crippen molar-refractivity contribution in [1.29, 1.82) is 0 Å². The van der Waals surface area contributed by atoms with Gasteiger partial charge in [-0.1, -0.05) is 6.07 Å². The summed E-state index contributed by atoms with van der Waals surface area (Å²) in [5.74, 6) is 0.834. The van der Waals surface area contributed by atoms with E-state index >= 15 is 0 Å². The molecule has 0 bridgehead atoms. The lowest BCUT2D eigenvalue weighted by Crippen LogP contribution is -2.28. The normalized spacial score (nSPS) is 10.0. The molecule has 3 N–H and O–H groups in total. The number of primary amides is 1. The number of benzene rings is 2. The molecule has 0 aliphatic carbocycles. The minimum atomic E-state index is -0.654. The van der Waals surface area contributed by atoms with Crippen molar-refractivity contribution in [3.63, 3.8) is 0 Å². The van der Waals surface area contributed by atoms with E-state index in [1.165, 1.54) is 19.2 Å². The number of carbonyl (C=O) groups excluding carboxylic acids is 2. The second-order valence-electron chi connectivity index (χ2n) is 5.48. The summed E-state index contributed by atoms with van der Waals surface area (Å²) in [6, 6.07) is 9.92. The molecule has 2 aromatic carbocycles. The second-order valence-corrected chi connectivity index (χ2v) is 5.48. The molecular formula is C19H22N2O6. The average Bonchev–Trinajstić information content (AvgIpc) is 2.69. The largest absolute Gasteiger partial charge is 0.497 e. The Kier molecular flexibility index (Phi) is 6.87. The van der Waals surface area contributed by atoms with Crippen LogP contribution in [-0.4, -0.2) is 39.8 Å². The minimum absolute atomic E-state index is 0.170. The first-order valence-corrected chi connectivity index (χ1v) is 8.06. The Morgan fingerprint density at radius 2 is 1.67 bits per heavy atom. The third kappa shape index (κ3) is 5.27. The van der Waals surface area contributed by atoms with Crippen LogP contribution in [0.4, 0.5) is 0 Å². The third-order valence-corrected chi connectivity index (χ3v) is 3.75. The van der Waals surface area contributed by atoms with Gasteiger partial charge in [-0.05, 0) is 29.8 Å². The van der Waals surface area contributed by atoms with Crippen molar-refractivity contribution >= 4 is 11.8 Å². The van der Waals surface area contributed by atoms with Crippen LogP contribution in [0.25, 0.3) is 0 Å². The first kappa shape index (κ1) is 19.9. The molecule has 0 heterocycles. The molecule has 0 saturated carbocycles. The van der Waals surface area contributed by atoms with Gasteiger partial charge >= 0.3 is 0 Å². The van der Waals surface area contributed by atoms with Crippen molar-refractivity contribution in [1.82, 2.24) is 5.32 Å². The van der Waals surface area contributed by atoms with Gasteiger partial charge in [0.1, 0.15) is 11.5 Å². The molecule has 0 unspecified atom stereocenters. The van der Waals surface area contributed by atoms with Gasteiger partial charge in [0.15, 0.2) is 18.1 Å². The average molecular weight is 374 g/mol. The Hall–Kier alpha value is -3.42. The van der Waals surface area contributed by atoms with E-state index in [2.05, 4.69) is 5.32 Å². The lowest BCUT2D eigenvalue weighted by atomic mass is 10.2. The van der Waals surface area contributed by atoms with Crippen molar-refractivity contribution < 1.29 is 28.5 Å². The van der Waals surface area contributed by atoms with Crippen LogP contribution < -0.4 is 30.0 Å². The Bertz CT molecular complexity index is 822. The van der Waals surface area contributed by atoms with Crippen LogP contribution in [0.5, 0.6) is 23.0 Å². The fourth-order valence-corrected chi connectivity index (χ4v) is 2.34. The summed E-state index contributed by atoms with van der Waals surface area (Å²) in [7, 11) is 4.58. The molecule has 0 aromatic heterocycles. The molecule has 0 saturated heterocycles. The molecule has 0 spiro atoms. The highest BCUT2D eigenvalue weighted by molar-refractivity contribution is 5.96. The summed E-state index contributed by atoms with van der Waals surface area (Å²) >= 11 is 0. The van der Waals surface area contributed by atoms with Crippen molar-refractivity contribution in [2.45, 2.75) is 6.54 Å². The Morgan fingerprint density at radius 3 is 2.30 bits per heavy atom. The molecule has 2 aromatic rings. The van der Waals surface area contributed by atoms with Crippen molar-refractivity contribution in [3.8, 4) is 23.0 Å². The molecular weight excluding hydrogens is 352 g/mol. The van der Waals surface area contributed by atoms with E-state index in [-0.39, 0.29) is 30.4 Å². The number of methoxy groups -OCH3 is 3. The summed E-state index contributed by atoms with van der Waals surface area (Å²) in [5.41, 5.74) is 6.32. The van der Waals surface area contributed by atoms with Gasteiger partial charge in [0.25, 0.3) is 11.8 Å². The van der Waals surface area contributed by atoms with Crippen molar-refractivity contribution in [3.05, 3.63) is 47.5 Å². The van der Waals surface area contributed by atoms with Crippen LogP contribution in [0.1, 0.15) is 15.9 Å². The van der Waals surface area contributed by atoms with Crippen LogP contribution in [0.15, 0.2) is 36.4 Å². The van der Waals surface area contributed by atoms with Crippen LogP contribution in [-0.2, 0) is 11.3 Å². The fraction of sp³-hybridized carbons (Fsp3) is 0.263. The number of carbonyl (C=O) groups is 2. The Balaban J connectivity index is 1.96. The van der Waals surface area contributed by atoms with E-state index in [0.717, 1.165) is 5.56 Å². The number of rotatable bonds is 9. The highest BCUT2D eigenvalue weighted by Crippen LogP contribution is 2.27. The van der Waals surface area contributed by atoms with Crippen molar-refractivity contribution in [2.24, 2.45) is 5.73 Å². The molecule has 0 aliphatic rings. The molecule has 2 amide bonds. The van der Waals surface area contributed by atoms with Gasteiger partial charge in [-0.15, -0.1) is 0 Å². The number of nitrogens with two attached hydrogens (primary N) is 1. The standard InChI is InChI=1S/C19H22N2O6/c1-24-13-5-6-14(19(20)23)16(9-13)27-11-18(22)21-10-12-4-7-15(25-2)17(8-12)26-3/h4-9H,10-11H2,1-3H3,(H2,20,23)(H,21,22). The maximum absolute atomic E-state index is 12.1. The van der Waals surface area contributed by atoms with Gasteiger partial charge in [-0.25, -0.2) is 0 Å². The zero-order valence-corrected chi connectivity index (χ0v) is 15.4. The van der Waals surface area contributed by atoms with E-state index in [0.29, 0.717) is 17.2 Å². The summed E-state index contributed by atoms with van der Waals surface area (Å²) in [6.45, 7) is 0.00404. The smallest absolute Gasteiger partial charge is 0.258 e. The lowest BCUT2D eigenvalue weighted by molar-refractivity contribution is -0.123. The van der Waals surface area contributed by atoms with E-state index < -0.39 is 5.91 Å². The predicted molar refractivity (Wildman–Crippen MR) is 98.4 cm³/mol.